The van der Waals surface area contributed by atoms with Crippen LogP contribution in [0.2, 0.25) is 0 Å². The van der Waals surface area contributed by atoms with Crippen molar-refractivity contribution in [3.8, 4) is 0 Å². The number of hydrogen-bond donors (Lipinski definition) is 1. The topological polar surface area (TPSA) is 98.8 Å². The molecular formula is C20H19NO6. The summed E-state index contributed by atoms with van der Waals surface area (Å²) in [5, 5.41) is 2.58. The molecule has 0 aromatic heterocycles. The summed E-state index contributed by atoms with van der Waals surface area (Å²) in [4.78, 5) is 47.4. The Morgan fingerprint density at radius 2 is 1.44 bits per heavy atom. The van der Waals surface area contributed by atoms with E-state index in [1.54, 1.807) is 24.3 Å². The van der Waals surface area contributed by atoms with Gasteiger partial charge < -0.3 is 14.8 Å². The highest BCUT2D eigenvalue weighted by Crippen LogP contribution is 2.16. The van der Waals surface area contributed by atoms with Crippen LogP contribution in [0, 0.1) is 0 Å². The molecule has 1 atom stereocenters. The molecule has 1 amide bonds. The van der Waals surface area contributed by atoms with E-state index in [1.807, 2.05) is 0 Å². The molecule has 140 valence electrons. The summed E-state index contributed by atoms with van der Waals surface area (Å²) < 4.78 is 9.73. The molecule has 0 aliphatic carbocycles. The summed E-state index contributed by atoms with van der Waals surface area (Å²) in [5.74, 6) is -2.00. The number of rotatable bonds is 6. The van der Waals surface area contributed by atoms with Crippen molar-refractivity contribution in [2.24, 2.45) is 0 Å². The standard InChI is InChI=1S/C20H19NO6/c1-12(22)16-6-4-5-7-17(16)21-18(23)13(2)27-20(25)15-10-8-14(9-11-15)19(24)26-3/h4-11,13H,1-3H3,(H,21,23). The van der Waals surface area contributed by atoms with Crippen molar-refractivity contribution >= 4 is 29.3 Å². The molecule has 0 saturated heterocycles. The van der Waals surface area contributed by atoms with Crippen LogP contribution < -0.4 is 5.32 Å². The molecule has 2 aromatic rings. The van der Waals surface area contributed by atoms with E-state index in [0.717, 1.165) is 0 Å². The number of anilines is 1. The molecule has 0 heterocycles. The number of nitrogens with one attached hydrogen (secondary N) is 1. The van der Waals surface area contributed by atoms with Gasteiger partial charge in [0.2, 0.25) is 0 Å². The molecule has 7 nitrogen and oxygen atoms in total. The average molecular weight is 369 g/mol. The number of ketones is 1. The number of benzene rings is 2. The van der Waals surface area contributed by atoms with Gasteiger partial charge in [0.25, 0.3) is 5.91 Å². The van der Waals surface area contributed by atoms with Gasteiger partial charge in [-0.15, -0.1) is 0 Å². The number of ether oxygens (including phenoxy) is 2. The van der Waals surface area contributed by atoms with E-state index >= 15 is 0 Å². The Bertz CT molecular complexity index is 872. The average Bonchev–Trinajstić information content (AvgIpc) is 2.67. The highest BCUT2D eigenvalue weighted by molar-refractivity contribution is 6.05. The molecule has 2 rings (SSSR count). The molecule has 0 aliphatic rings. The lowest BCUT2D eigenvalue weighted by Crippen LogP contribution is -2.30. The van der Waals surface area contributed by atoms with Gasteiger partial charge in [-0.3, -0.25) is 9.59 Å². The van der Waals surface area contributed by atoms with Crippen LogP contribution in [0.5, 0.6) is 0 Å². The Kier molecular flexibility index (Phi) is 6.43. The normalized spacial score (nSPS) is 11.2. The summed E-state index contributed by atoms with van der Waals surface area (Å²) in [6.07, 6.45) is -1.09. The molecule has 1 N–H and O–H groups in total. The lowest BCUT2D eigenvalue weighted by molar-refractivity contribution is -0.123. The zero-order valence-corrected chi connectivity index (χ0v) is 15.1. The number of Topliss-reactive ketones (excluding diaryl/α,β-unsaturated/α-hetero) is 1. The van der Waals surface area contributed by atoms with Crippen molar-refractivity contribution in [3.05, 3.63) is 65.2 Å². The summed E-state index contributed by atoms with van der Waals surface area (Å²) in [6, 6.07) is 12.2. The Balaban J connectivity index is 2.03. The smallest absolute Gasteiger partial charge is 0.338 e. The third kappa shape index (κ3) is 5.01. The van der Waals surface area contributed by atoms with E-state index in [0.29, 0.717) is 16.8 Å². The Hall–Kier alpha value is -3.48. The first-order valence-corrected chi connectivity index (χ1v) is 8.13. The highest BCUT2D eigenvalue weighted by atomic mass is 16.5. The first kappa shape index (κ1) is 19.8. The number of esters is 2. The van der Waals surface area contributed by atoms with Gasteiger partial charge in [0.1, 0.15) is 0 Å². The maximum absolute atomic E-state index is 12.3. The first-order valence-electron chi connectivity index (χ1n) is 8.13. The number of carbonyl (C=O) groups excluding carboxylic acids is 4. The van der Waals surface area contributed by atoms with Crippen LogP contribution in [0.4, 0.5) is 5.69 Å². The Morgan fingerprint density at radius 1 is 0.889 bits per heavy atom. The monoisotopic (exact) mass is 369 g/mol. The maximum atomic E-state index is 12.3. The van der Waals surface area contributed by atoms with E-state index in [-0.39, 0.29) is 11.3 Å². The fraction of sp³-hybridized carbons (Fsp3) is 0.200. The van der Waals surface area contributed by atoms with Crippen LogP contribution in [-0.2, 0) is 14.3 Å². The SMILES string of the molecule is COC(=O)c1ccc(C(=O)OC(C)C(=O)Nc2ccccc2C(C)=O)cc1. The molecule has 0 radical (unpaired) electrons. The van der Waals surface area contributed by atoms with Crippen molar-refractivity contribution in [3.63, 3.8) is 0 Å². The van der Waals surface area contributed by atoms with Crippen molar-refractivity contribution in [2.45, 2.75) is 20.0 Å². The molecule has 0 saturated carbocycles. The van der Waals surface area contributed by atoms with Crippen LogP contribution in [0.1, 0.15) is 44.9 Å². The highest BCUT2D eigenvalue weighted by Gasteiger charge is 2.20. The number of carbonyl (C=O) groups is 4. The summed E-state index contributed by atoms with van der Waals surface area (Å²) in [6.45, 7) is 2.82. The number of methoxy groups -OCH3 is 1. The van der Waals surface area contributed by atoms with E-state index in [2.05, 4.69) is 10.1 Å². The minimum Gasteiger partial charge on any atom is -0.465 e. The lowest BCUT2D eigenvalue weighted by atomic mass is 10.1. The second-order valence-electron chi connectivity index (χ2n) is 5.71. The third-order valence-corrected chi connectivity index (χ3v) is 3.76. The van der Waals surface area contributed by atoms with Gasteiger partial charge in [0.05, 0.1) is 23.9 Å². The van der Waals surface area contributed by atoms with E-state index in [4.69, 9.17) is 4.74 Å². The predicted molar refractivity (Wildman–Crippen MR) is 97.7 cm³/mol. The molecule has 0 spiro atoms. The molecule has 0 fully saturated rings. The molecule has 7 heteroatoms. The van der Waals surface area contributed by atoms with Crippen LogP contribution in [0.15, 0.2) is 48.5 Å². The van der Waals surface area contributed by atoms with Gasteiger partial charge in [-0.2, -0.15) is 0 Å². The fourth-order valence-electron chi connectivity index (χ4n) is 2.28. The molecular weight excluding hydrogens is 350 g/mol. The Labute approximate surface area is 156 Å². The summed E-state index contributed by atoms with van der Waals surface area (Å²) in [7, 11) is 1.26. The number of hydrogen-bond acceptors (Lipinski definition) is 6. The number of para-hydroxylation sites is 1. The fourth-order valence-corrected chi connectivity index (χ4v) is 2.28. The van der Waals surface area contributed by atoms with E-state index in [9.17, 15) is 19.2 Å². The largest absolute Gasteiger partial charge is 0.465 e. The van der Waals surface area contributed by atoms with E-state index < -0.39 is 23.9 Å². The number of amides is 1. The van der Waals surface area contributed by atoms with Gasteiger partial charge in [-0.25, -0.2) is 9.59 Å². The minimum absolute atomic E-state index is 0.187. The quantitative estimate of drug-likeness (QED) is 0.621. The zero-order chi connectivity index (χ0) is 20.0. The van der Waals surface area contributed by atoms with Crippen LogP contribution >= 0.6 is 0 Å². The van der Waals surface area contributed by atoms with Gasteiger partial charge in [0.15, 0.2) is 11.9 Å². The van der Waals surface area contributed by atoms with Gasteiger partial charge in [0, 0.05) is 5.56 Å². The van der Waals surface area contributed by atoms with Crippen LogP contribution in [0.3, 0.4) is 0 Å². The second-order valence-corrected chi connectivity index (χ2v) is 5.71. The van der Waals surface area contributed by atoms with Crippen LogP contribution in [0.25, 0.3) is 0 Å². The summed E-state index contributed by atoms with van der Waals surface area (Å²) in [5.41, 5.74) is 1.19. The van der Waals surface area contributed by atoms with Gasteiger partial charge in [-0.05, 0) is 50.2 Å². The van der Waals surface area contributed by atoms with Crippen molar-refractivity contribution in [1.29, 1.82) is 0 Å². The van der Waals surface area contributed by atoms with Crippen LogP contribution in [-0.4, -0.2) is 36.8 Å². The summed E-state index contributed by atoms with van der Waals surface area (Å²) >= 11 is 0. The van der Waals surface area contributed by atoms with Gasteiger partial charge in [-0.1, -0.05) is 12.1 Å². The van der Waals surface area contributed by atoms with Crippen molar-refractivity contribution < 1.29 is 28.7 Å². The van der Waals surface area contributed by atoms with Gasteiger partial charge >= 0.3 is 11.9 Å². The Morgan fingerprint density at radius 3 is 2.00 bits per heavy atom. The predicted octanol–water partition coefficient (Wildman–Crippen LogP) is 2.86. The first-order chi connectivity index (χ1) is 12.8. The molecule has 27 heavy (non-hydrogen) atoms. The maximum Gasteiger partial charge on any atom is 0.338 e. The second kappa shape index (κ2) is 8.75. The molecule has 2 aromatic carbocycles. The third-order valence-electron chi connectivity index (χ3n) is 3.76. The van der Waals surface area contributed by atoms with E-state index in [1.165, 1.54) is 45.2 Å². The molecule has 1 unspecified atom stereocenters. The van der Waals surface area contributed by atoms with Crippen molar-refractivity contribution in [2.75, 3.05) is 12.4 Å². The molecule has 0 aliphatic heterocycles. The lowest BCUT2D eigenvalue weighted by Gasteiger charge is -2.15. The molecule has 0 bridgehead atoms. The minimum atomic E-state index is -1.09. The van der Waals surface area contributed by atoms with Crippen molar-refractivity contribution in [1.82, 2.24) is 0 Å². The zero-order valence-electron chi connectivity index (χ0n) is 15.1.